The van der Waals surface area contributed by atoms with Crippen LogP contribution in [0.3, 0.4) is 0 Å². The molecule has 1 aliphatic carbocycles. The quantitative estimate of drug-likeness (QED) is 0.794. The van der Waals surface area contributed by atoms with Crippen molar-refractivity contribution in [3.05, 3.63) is 32.7 Å². The zero-order valence-electron chi connectivity index (χ0n) is 11.9. The number of hydrogen-bond acceptors (Lipinski definition) is 3. The maximum absolute atomic E-state index is 11.9. The Morgan fingerprint density at radius 3 is 2.70 bits per heavy atom. The lowest BCUT2D eigenvalue weighted by atomic mass is 9.89. The predicted octanol–water partition coefficient (Wildman–Crippen LogP) is 3.04. The Bertz CT molecular complexity index is 545. The van der Waals surface area contributed by atoms with Gasteiger partial charge in [-0.15, -0.1) is 0 Å². The van der Waals surface area contributed by atoms with Crippen LogP contribution in [0.15, 0.2) is 21.5 Å². The number of ether oxygens (including phenoxy) is 1. The highest BCUT2D eigenvalue weighted by atomic mass is 79.9. The molecule has 0 bridgehead atoms. The Balaban J connectivity index is 1.97. The molecule has 0 aliphatic heterocycles. The van der Waals surface area contributed by atoms with Crippen LogP contribution in [0.4, 0.5) is 0 Å². The minimum Gasteiger partial charge on any atom is -0.461 e. The second kappa shape index (κ2) is 6.57. The van der Waals surface area contributed by atoms with Crippen LogP contribution in [0, 0.1) is 12.8 Å². The third-order valence-electron chi connectivity index (χ3n) is 3.79. The zero-order valence-corrected chi connectivity index (χ0v) is 13.5. The highest BCUT2D eigenvalue weighted by Gasteiger charge is 2.21. The summed E-state index contributed by atoms with van der Waals surface area (Å²) in [6, 6.07) is 1.74. The first-order valence-corrected chi connectivity index (χ1v) is 7.81. The van der Waals surface area contributed by atoms with Gasteiger partial charge in [-0.25, -0.2) is 0 Å². The van der Waals surface area contributed by atoms with Crippen LogP contribution in [-0.2, 0) is 16.1 Å². The average Bonchev–Trinajstić information content (AvgIpc) is 2.38. The molecule has 0 radical (unpaired) electrons. The smallest absolute Gasteiger partial charge is 0.326 e. The lowest BCUT2D eigenvalue weighted by molar-refractivity contribution is -0.151. The van der Waals surface area contributed by atoms with E-state index in [4.69, 9.17) is 4.74 Å². The molecular formula is C15H20BrNO3. The van der Waals surface area contributed by atoms with Gasteiger partial charge in [-0.1, -0.05) is 6.92 Å². The standard InChI is InChI=1S/C15H20BrNO3/c1-10-3-5-13(6-4-10)20-14(18)9-17-8-12(16)7-11(2)15(17)19/h7-8,10,13H,3-6,9H2,1-2H3. The van der Waals surface area contributed by atoms with Crippen LogP contribution in [0.2, 0.25) is 0 Å². The summed E-state index contributed by atoms with van der Waals surface area (Å²) in [4.78, 5) is 23.9. The van der Waals surface area contributed by atoms with E-state index in [1.807, 2.05) is 0 Å². The monoisotopic (exact) mass is 341 g/mol. The first-order valence-electron chi connectivity index (χ1n) is 7.02. The molecule has 0 atom stereocenters. The summed E-state index contributed by atoms with van der Waals surface area (Å²) in [7, 11) is 0. The number of aromatic nitrogens is 1. The number of aryl methyl sites for hydroxylation is 1. The number of nitrogens with zero attached hydrogens (tertiary/aromatic N) is 1. The Labute approximate surface area is 127 Å². The number of halogens is 1. The van der Waals surface area contributed by atoms with Crippen molar-refractivity contribution in [2.75, 3.05) is 0 Å². The first-order chi connectivity index (χ1) is 9.45. The van der Waals surface area contributed by atoms with Gasteiger partial charge in [0.2, 0.25) is 0 Å². The van der Waals surface area contributed by atoms with E-state index in [1.165, 1.54) is 4.57 Å². The molecular weight excluding hydrogens is 322 g/mol. The summed E-state index contributed by atoms with van der Waals surface area (Å²) >= 11 is 3.33. The predicted molar refractivity (Wildman–Crippen MR) is 80.7 cm³/mol. The van der Waals surface area contributed by atoms with E-state index in [0.717, 1.165) is 36.1 Å². The van der Waals surface area contributed by atoms with Crippen molar-refractivity contribution >= 4 is 21.9 Å². The normalized spacial score (nSPS) is 22.6. The van der Waals surface area contributed by atoms with Gasteiger partial charge in [-0.2, -0.15) is 0 Å². The van der Waals surface area contributed by atoms with E-state index in [0.29, 0.717) is 5.56 Å². The molecule has 20 heavy (non-hydrogen) atoms. The summed E-state index contributed by atoms with van der Waals surface area (Å²) in [5, 5.41) is 0. The molecule has 0 saturated heterocycles. The van der Waals surface area contributed by atoms with Crippen LogP contribution in [-0.4, -0.2) is 16.6 Å². The SMILES string of the molecule is Cc1cc(Br)cn(CC(=O)OC2CCC(C)CC2)c1=O. The summed E-state index contributed by atoms with van der Waals surface area (Å²) in [6.45, 7) is 3.94. The maximum atomic E-state index is 11.9. The van der Waals surface area contributed by atoms with Crippen LogP contribution in [0.5, 0.6) is 0 Å². The molecule has 1 aromatic rings. The van der Waals surface area contributed by atoms with Crippen LogP contribution >= 0.6 is 15.9 Å². The van der Waals surface area contributed by atoms with Crippen LogP contribution < -0.4 is 5.56 Å². The van der Waals surface area contributed by atoms with Crippen LogP contribution in [0.1, 0.15) is 38.2 Å². The van der Waals surface area contributed by atoms with Crippen molar-refractivity contribution in [2.45, 2.75) is 52.2 Å². The minimum atomic E-state index is -0.329. The van der Waals surface area contributed by atoms with Crippen molar-refractivity contribution in [3.63, 3.8) is 0 Å². The first kappa shape index (κ1) is 15.3. The topological polar surface area (TPSA) is 48.3 Å². The number of pyridine rings is 1. The van der Waals surface area contributed by atoms with Crippen molar-refractivity contribution in [1.29, 1.82) is 0 Å². The van der Waals surface area contributed by atoms with Crippen molar-refractivity contribution in [1.82, 2.24) is 4.57 Å². The molecule has 0 aromatic carbocycles. The highest BCUT2D eigenvalue weighted by molar-refractivity contribution is 9.10. The van der Waals surface area contributed by atoms with Gasteiger partial charge in [0, 0.05) is 16.2 Å². The van der Waals surface area contributed by atoms with Gasteiger partial charge in [0.15, 0.2) is 0 Å². The summed E-state index contributed by atoms with van der Waals surface area (Å²) in [6.07, 6.45) is 5.71. The molecule has 1 saturated carbocycles. The highest BCUT2D eigenvalue weighted by Crippen LogP contribution is 2.25. The Morgan fingerprint density at radius 2 is 2.05 bits per heavy atom. The van der Waals surface area contributed by atoms with Gasteiger partial charge in [-0.05, 0) is 60.5 Å². The van der Waals surface area contributed by atoms with Gasteiger partial charge in [-0.3, -0.25) is 9.59 Å². The van der Waals surface area contributed by atoms with E-state index in [-0.39, 0.29) is 24.2 Å². The van der Waals surface area contributed by atoms with Gasteiger partial charge >= 0.3 is 5.97 Å². The molecule has 0 amide bonds. The molecule has 4 nitrogen and oxygen atoms in total. The van der Waals surface area contributed by atoms with Gasteiger partial charge in [0.25, 0.3) is 5.56 Å². The summed E-state index contributed by atoms with van der Waals surface area (Å²) in [5.41, 5.74) is 0.459. The second-order valence-electron chi connectivity index (χ2n) is 5.65. The average molecular weight is 342 g/mol. The molecule has 1 aromatic heterocycles. The fourth-order valence-electron chi connectivity index (χ4n) is 2.57. The van der Waals surface area contributed by atoms with E-state index in [9.17, 15) is 9.59 Å². The lowest BCUT2D eigenvalue weighted by Crippen LogP contribution is -2.30. The molecule has 1 fully saturated rings. The molecule has 5 heteroatoms. The van der Waals surface area contributed by atoms with E-state index >= 15 is 0 Å². The van der Waals surface area contributed by atoms with Crippen molar-refractivity contribution in [2.24, 2.45) is 5.92 Å². The Kier molecular flexibility index (Phi) is 5.02. The number of carbonyl (C=O) groups is 1. The fraction of sp³-hybridized carbons (Fsp3) is 0.600. The fourth-order valence-corrected chi connectivity index (χ4v) is 3.16. The van der Waals surface area contributed by atoms with E-state index < -0.39 is 0 Å². The number of rotatable bonds is 3. The zero-order chi connectivity index (χ0) is 14.7. The van der Waals surface area contributed by atoms with E-state index in [1.54, 1.807) is 19.2 Å². The molecule has 2 rings (SSSR count). The number of esters is 1. The summed E-state index contributed by atoms with van der Waals surface area (Å²) in [5.74, 6) is 0.393. The lowest BCUT2D eigenvalue weighted by Gasteiger charge is -2.26. The third-order valence-corrected chi connectivity index (χ3v) is 4.23. The molecule has 0 N–H and O–H groups in total. The number of hydrogen-bond donors (Lipinski definition) is 0. The summed E-state index contributed by atoms with van der Waals surface area (Å²) < 4.78 is 7.65. The largest absolute Gasteiger partial charge is 0.461 e. The Hall–Kier alpha value is -1.10. The number of carbonyl (C=O) groups excluding carboxylic acids is 1. The van der Waals surface area contributed by atoms with Crippen molar-refractivity contribution in [3.8, 4) is 0 Å². The molecule has 110 valence electrons. The minimum absolute atomic E-state index is 0.0163. The van der Waals surface area contributed by atoms with Gasteiger partial charge < -0.3 is 9.30 Å². The van der Waals surface area contributed by atoms with Gasteiger partial charge in [0.1, 0.15) is 12.6 Å². The van der Waals surface area contributed by atoms with E-state index in [2.05, 4.69) is 22.9 Å². The second-order valence-corrected chi connectivity index (χ2v) is 6.56. The van der Waals surface area contributed by atoms with Crippen molar-refractivity contribution < 1.29 is 9.53 Å². The molecule has 1 aliphatic rings. The third kappa shape index (κ3) is 3.95. The maximum Gasteiger partial charge on any atom is 0.326 e. The van der Waals surface area contributed by atoms with Gasteiger partial charge in [0.05, 0.1) is 0 Å². The molecule has 1 heterocycles. The van der Waals surface area contributed by atoms with Crippen LogP contribution in [0.25, 0.3) is 0 Å². The molecule has 0 spiro atoms. The Morgan fingerprint density at radius 1 is 1.40 bits per heavy atom. The molecule has 0 unspecified atom stereocenters.